The van der Waals surface area contributed by atoms with E-state index in [-0.39, 0.29) is 0 Å². The predicted molar refractivity (Wildman–Crippen MR) is 159 cm³/mol. The standard InChI is InChI=1S/C35H25BrN2/c36-30-21-22-31-27(23-30)24-38-33(32(25-13-5-1-6-14-25)26-15-7-2-8-16-26)35(34(38)37-31,28-17-9-3-10-18-28)29-19-11-4-12-20-29/h1-23H,24H2. The lowest BCUT2D eigenvalue weighted by Gasteiger charge is -2.57. The summed E-state index contributed by atoms with van der Waals surface area (Å²) < 4.78 is 1.07. The molecule has 3 heteroatoms. The molecule has 0 bridgehead atoms. The Kier molecular flexibility index (Phi) is 5.60. The maximum absolute atomic E-state index is 5.37. The van der Waals surface area contributed by atoms with E-state index < -0.39 is 5.41 Å². The molecule has 0 unspecified atom stereocenters. The minimum atomic E-state index is -0.520. The molecule has 7 rings (SSSR count). The number of fused-ring (bicyclic) bond motifs is 2. The van der Waals surface area contributed by atoms with Crippen LogP contribution in [0.1, 0.15) is 27.8 Å². The maximum Gasteiger partial charge on any atom is 0.131 e. The van der Waals surface area contributed by atoms with Crippen LogP contribution in [0.25, 0.3) is 5.57 Å². The molecule has 0 radical (unpaired) electrons. The molecular weight excluding hydrogens is 528 g/mol. The van der Waals surface area contributed by atoms with Crippen molar-refractivity contribution in [3.8, 4) is 0 Å². The van der Waals surface area contributed by atoms with Gasteiger partial charge in [-0.3, -0.25) is 0 Å². The Morgan fingerprint density at radius 1 is 0.632 bits per heavy atom. The Bertz CT molecular complexity index is 1590. The van der Waals surface area contributed by atoms with Crippen LogP contribution >= 0.6 is 15.9 Å². The Morgan fingerprint density at radius 2 is 1.13 bits per heavy atom. The summed E-state index contributed by atoms with van der Waals surface area (Å²) in [6, 6.07) is 49.7. The molecule has 0 spiro atoms. The van der Waals surface area contributed by atoms with E-state index in [1.54, 1.807) is 0 Å². The van der Waals surface area contributed by atoms with Gasteiger partial charge in [-0.05, 0) is 46.0 Å². The zero-order valence-electron chi connectivity index (χ0n) is 20.8. The Hall–Kier alpha value is -4.21. The molecular formula is C35H25BrN2. The van der Waals surface area contributed by atoms with Crippen molar-refractivity contribution in [3.63, 3.8) is 0 Å². The first-order valence-electron chi connectivity index (χ1n) is 12.9. The molecule has 0 aliphatic carbocycles. The van der Waals surface area contributed by atoms with Gasteiger partial charge in [0.25, 0.3) is 0 Å². The lowest BCUT2D eigenvalue weighted by Crippen LogP contribution is -2.63. The third-order valence-electron chi connectivity index (χ3n) is 7.59. The molecule has 0 aromatic heterocycles. The Balaban J connectivity index is 1.63. The van der Waals surface area contributed by atoms with Crippen molar-refractivity contribution >= 4 is 33.0 Å². The van der Waals surface area contributed by atoms with E-state index in [9.17, 15) is 0 Å². The van der Waals surface area contributed by atoms with Crippen LogP contribution in [-0.4, -0.2) is 10.7 Å². The van der Waals surface area contributed by atoms with Gasteiger partial charge in [0.15, 0.2) is 0 Å². The highest BCUT2D eigenvalue weighted by Gasteiger charge is 2.59. The minimum absolute atomic E-state index is 0.520. The highest BCUT2D eigenvalue weighted by molar-refractivity contribution is 9.10. The summed E-state index contributed by atoms with van der Waals surface area (Å²) in [7, 11) is 0. The van der Waals surface area contributed by atoms with E-state index in [1.165, 1.54) is 39.1 Å². The van der Waals surface area contributed by atoms with Gasteiger partial charge in [-0.15, -0.1) is 0 Å². The smallest absolute Gasteiger partial charge is 0.131 e. The largest absolute Gasteiger partial charge is 0.325 e. The van der Waals surface area contributed by atoms with Crippen molar-refractivity contribution in [3.05, 3.63) is 178 Å². The number of nitrogens with zero attached hydrogens (tertiary/aromatic N) is 2. The van der Waals surface area contributed by atoms with Crippen molar-refractivity contribution in [1.82, 2.24) is 4.90 Å². The van der Waals surface area contributed by atoms with Crippen LogP contribution in [0, 0.1) is 0 Å². The van der Waals surface area contributed by atoms with Crippen molar-refractivity contribution in [2.24, 2.45) is 4.99 Å². The lowest BCUT2D eigenvalue weighted by atomic mass is 9.61. The van der Waals surface area contributed by atoms with Crippen LogP contribution in [0.4, 0.5) is 5.69 Å². The molecule has 1 saturated heterocycles. The van der Waals surface area contributed by atoms with Crippen LogP contribution in [0.5, 0.6) is 0 Å². The van der Waals surface area contributed by atoms with Gasteiger partial charge in [-0.2, -0.15) is 0 Å². The van der Waals surface area contributed by atoms with E-state index in [4.69, 9.17) is 4.99 Å². The fraction of sp³-hybridized carbons (Fsp3) is 0.0571. The maximum atomic E-state index is 5.37. The Morgan fingerprint density at radius 3 is 1.66 bits per heavy atom. The molecule has 2 aliphatic heterocycles. The Labute approximate surface area is 231 Å². The number of halogens is 1. The van der Waals surface area contributed by atoms with Gasteiger partial charge in [0.2, 0.25) is 0 Å². The molecule has 182 valence electrons. The highest BCUT2D eigenvalue weighted by Crippen LogP contribution is 2.57. The topological polar surface area (TPSA) is 15.6 Å². The summed E-state index contributed by atoms with van der Waals surface area (Å²) in [5.41, 5.74) is 9.07. The fourth-order valence-corrected chi connectivity index (χ4v) is 6.39. The summed E-state index contributed by atoms with van der Waals surface area (Å²) in [4.78, 5) is 7.80. The van der Waals surface area contributed by atoms with E-state index in [1.807, 2.05) is 0 Å². The predicted octanol–water partition coefficient (Wildman–Crippen LogP) is 8.75. The molecule has 0 N–H and O–H groups in total. The molecule has 2 aliphatic rings. The number of amidine groups is 1. The SMILES string of the molecule is Brc1ccc2c(c1)CN1C(=N2)C(c2ccccc2)(c2ccccc2)C1=C(c1ccccc1)c1ccccc1. The van der Waals surface area contributed by atoms with Crippen LogP contribution < -0.4 is 0 Å². The molecule has 1 fully saturated rings. The average molecular weight is 554 g/mol. The quantitative estimate of drug-likeness (QED) is 0.217. The van der Waals surface area contributed by atoms with E-state index in [0.29, 0.717) is 0 Å². The average Bonchev–Trinajstić information content (AvgIpc) is 2.98. The van der Waals surface area contributed by atoms with Crippen LogP contribution in [0.2, 0.25) is 0 Å². The second kappa shape index (κ2) is 9.27. The third kappa shape index (κ3) is 3.50. The monoisotopic (exact) mass is 552 g/mol. The number of hydrogen-bond donors (Lipinski definition) is 0. The van der Waals surface area contributed by atoms with Crippen LogP contribution in [-0.2, 0) is 12.0 Å². The van der Waals surface area contributed by atoms with Crippen LogP contribution in [0.15, 0.2) is 155 Å². The second-order valence-corrected chi connectivity index (χ2v) is 10.6. The van der Waals surface area contributed by atoms with Crippen LogP contribution in [0.3, 0.4) is 0 Å². The van der Waals surface area contributed by atoms with E-state index in [2.05, 4.69) is 160 Å². The van der Waals surface area contributed by atoms with E-state index >= 15 is 0 Å². The molecule has 5 aromatic carbocycles. The first-order valence-corrected chi connectivity index (χ1v) is 13.7. The zero-order chi connectivity index (χ0) is 25.5. The number of benzene rings is 5. The summed E-state index contributed by atoms with van der Waals surface area (Å²) in [6.45, 7) is 0.771. The summed E-state index contributed by atoms with van der Waals surface area (Å²) in [6.07, 6.45) is 0. The summed E-state index contributed by atoms with van der Waals surface area (Å²) in [5, 5.41) is 0. The molecule has 38 heavy (non-hydrogen) atoms. The number of hydrogen-bond acceptors (Lipinski definition) is 2. The molecule has 2 heterocycles. The second-order valence-electron chi connectivity index (χ2n) is 9.73. The highest BCUT2D eigenvalue weighted by atomic mass is 79.9. The van der Waals surface area contributed by atoms with Gasteiger partial charge in [-0.1, -0.05) is 137 Å². The van der Waals surface area contributed by atoms with Gasteiger partial charge in [0.1, 0.15) is 11.3 Å². The molecule has 0 atom stereocenters. The molecule has 0 amide bonds. The number of rotatable bonds is 4. The van der Waals surface area contributed by atoms with Gasteiger partial charge in [0, 0.05) is 10.0 Å². The summed E-state index contributed by atoms with van der Waals surface area (Å²) >= 11 is 3.68. The van der Waals surface area contributed by atoms with Crippen molar-refractivity contribution in [1.29, 1.82) is 0 Å². The molecule has 2 nitrogen and oxygen atoms in total. The third-order valence-corrected chi connectivity index (χ3v) is 8.08. The van der Waals surface area contributed by atoms with Crippen molar-refractivity contribution in [2.45, 2.75) is 12.0 Å². The fourth-order valence-electron chi connectivity index (χ4n) is 5.98. The van der Waals surface area contributed by atoms with Gasteiger partial charge in [0.05, 0.1) is 17.9 Å². The zero-order valence-corrected chi connectivity index (χ0v) is 22.3. The van der Waals surface area contributed by atoms with Crippen molar-refractivity contribution < 1.29 is 0 Å². The number of aliphatic imine (C=N–C) groups is 1. The first kappa shape index (κ1) is 22.9. The first-order chi connectivity index (χ1) is 18.8. The minimum Gasteiger partial charge on any atom is -0.325 e. The van der Waals surface area contributed by atoms with Crippen molar-refractivity contribution in [2.75, 3.05) is 0 Å². The normalized spacial score (nSPS) is 15.1. The molecule has 0 saturated carbocycles. The summed E-state index contributed by atoms with van der Waals surface area (Å²) in [5.74, 6) is 1.07. The van der Waals surface area contributed by atoms with Gasteiger partial charge >= 0.3 is 0 Å². The van der Waals surface area contributed by atoms with Gasteiger partial charge in [-0.25, -0.2) is 4.99 Å². The van der Waals surface area contributed by atoms with E-state index in [0.717, 1.165) is 22.5 Å². The lowest BCUT2D eigenvalue weighted by molar-refractivity contribution is 0.353. The molecule has 5 aromatic rings. The van der Waals surface area contributed by atoms with Gasteiger partial charge < -0.3 is 4.90 Å².